The number of hydrogen-bond acceptors (Lipinski definition) is 4. The Bertz CT molecular complexity index is 932. The van der Waals surface area contributed by atoms with Crippen LogP contribution < -0.4 is 14.8 Å². The molecule has 0 aliphatic heterocycles. The van der Waals surface area contributed by atoms with Crippen LogP contribution in [-0.2, 0) is 16.6 Å². The fourth-order valence-electron chi connectivity index (χ4n) is 3.95. The van der Waals surface area contributed by atoms with Crippen LogP contribution in [0.15, 0.2) is 42.5 Å². The number of sulfonamides is 1. The highest BCUT2D eigenvalue weighted by Gasteiger charge is 2.27. The van der Waals surface area contributed by atoms with Crippen LogP contribution >= 0.6 is 0 Å². The second kappa shape index (κ2) is 9.24. The average Bonchev–Trinajstić information content (AvgIpc) is 3.15. The molecule has 2 aromatic carbocycles. The van der Waals surface area contributed by atoms with Crippen molar-refractivity contribution < 1.29 is 17.5 Å². The first-order chi connectivity index (χ1) is 13.7. The zero-order valence-electron chi connectivity index (χ0n) is 17.1. The molecule has 0 bridgehead atoms. The SMILES string of the molecule is COc1cc([C@@H](C)NC2CCC(c3ccc(CNS(C)(=O)=O)cc3)C2)ccc1F. The monoisotopic (exact) mass is 420 g/mol. The van der Waals surface area contributed by atoms with E-state index in [4.69, 9.17) is 4.74 Å². The number of nitrogens with one attached hydrogen (secondary N) is 2. The predicted molar refractivity (Wildman–Crippen MR) is 113 cm³/mol. The second-order valence-electron chi connectivity index (χ2n) is 7.82. The van der Waals surface area contributed by atoms with Gasteiger partial charge in [-0.1, -0.05) is 30.3 Å². The summed E-state index contributed by atoms with van der Waals surface area (Å²) in [5, 5.41) is 3.66. The molecule has 7 heteroatoms. The zero-order valence-corrected chi connectivity index (χ0v) is 17.9. The van der Waals surface area contributed by atoms with Gasteiger partial charge in [-0.2, -0.15) is 0 Å². The molecule has 1 aliphatic carbocycles. The third-order valence-electron chi connectivity index (χ3n) is 5.58. The topological polar surface area (TPSA) is 67.4 Å². The summed E-state index contributed by atoms with van der Waals surface area (Å²) in [7, 11) is -1.71. The zero-order chi connectivity index (χ0) is 21.0. The quantitative estimate of drug-likeness (QED) is 0.680. The molecule has 29 heavy (non-hydrogen) atoms. The van der Waals surface area contributed by atoms with Crippen molar-refractivity contribution in [2.24, 2.45) is 0 Å². The highest BCUT2D eigenvalue weighted by atomic mass is 32.2. The van der Waals surface area contributed by atoms with E-state index in [9.17, 15) is 12.8 Å². The lowest BCUT2D eigenvalue weighted by Crippen LogP contribution is -2.29. The van der Waals surface area contributed by atoms with Crippen LogP contribution in [0, 0.1) is 5.82 Å². The standard InChI is InChI=1S/C22H29FN2O3S/c1-15(18-9-11-21(23)22(13-18)28-2)25-20-10-8-19(12-20)17-6-4-16(5-7-17)14-24-29(3,26)27/h4-7,9,11,13,15,19-20,24-25H,8,10,12,14H2,1-3H3/t15-,19?,20?/m1/s1. The summed E-state index contributed by atoms with van der Waals surface area (Å²) in [4.78, 5) is 0. The number of hydrogen-bond donors (Lipinski definition) is 2. The first-order valence-corrected chi connectivity index (χ1v) is 11.8. The Morgan fingerprint density at radius 1 is 1.17 bits per heavy atom. The molecule has 1 saturated carbocycles. The Balaban J connectivity index is 1.56. The average molecular weight is 421 g/mol. The largest absolute Gasteiger partial charge is 0.494 e. The van der Waals surface area contributed by atoms with Gasteiger partial charge in [0.15, 0.2) is 11.6 Å². The molecule has 5 nitrogen and oxygen atoms in total. The maximum atomic E-state index is 13.6. The van der Waals surface area contributed by atoms with E-state index in [0.29, 0.717) is 18.5 Å². The number of methoxy groups -OCH3 is 1. The Morgan fingerprint density at radius 2 is 1.90 bits per heavy atom. The molecule has 0 aromatic heterocycles. The van der Waals surface area contributed by atoms with Crippen LogP contribution in [0.4, 0.5) is 4.39 Å². The Hall–Kier alpha value is -1.96. The van der Waals surface area contributed by atoms with Crippen LogP contribution in [0.3, 0.4) is 0 Å². The molecule has 2 unspecified atom stereocenters. The van der Waals surface area contributed by atoms with E-state index in [0.717, 1.165) is 36.6 Å². The van der Waals surface area contributed by atoms with Gasteiger partial charge in [-0.3, -0.25) is 0 Å². The van der Waals surface area contributed by atoms with E-state index >= 15 is 0 Å². The van der Waals surface area contributed by atoms with Gasteiger partial charge in [0.2, 0.25) is 10.0 Å². The van der Waals surface area contributed by atoms with Gasteiger partial charge < -0.3 is 10.1 Å². The Morgan fingerprint density at radius 3 is 2.55 bits per heavy atom. The lowest BCUT2D eigenvalue weighted by Gasteiger charge is -2.21. The van der Waals surface area contributed by atoms with Crippen LogP contribution in [0.2, 0.25) is 0 Å². The van der Waals surface area contributed by atoms with Crippen LogP contribution in [-0.4, -0.2) is 27.8 Å². The van der Waals surface area contributed by atoms with Crippen molar-refractivity contribution >= 4 is 10.0 Å². The first-order valence-electron chi connectivity index (χ1n) is 9.88. The summed E-state index contributed by atoms with van der Waals surface area (Å²) in [5.41, 5.74) is 3.24. The Kier molecular flexibility index (Phi) is 6.93. The lowest BCUT2D eigenvalue weighted by atomic mass is 9.96. The summed E-state index contributed by atoms with van der Waals surface area (Å²) in [6.45, 7) is 2.40. The molecular weight excluding hydrogens is 391 g/mol. The summed E-state index contributed by atoms with van der Waals surface area (Å²) in [5.74, 6) is 0.407. The summed E-state index contributed by atoms with van der Waals surface area (Å²) < 4.78 is 43.7. The second-order valence-corrected chi connectivity index (χ2v) is 9.66. The van der Waals surface area contributed by atoms with Crippen molar-refractivity contribution in [1.29, 1.82) is 0 Å². The van der Waals surface area contributed by atoms with Gasteiger partial charge in [0.1, 0.15) is 0 Å². The lowest BCUT2D eigenvalue weighted by molar-refractivity contribution is 0.384. The van der Waals surface area contributed by atoms with Crippen molar-refractivity contribution in [2.45, 2.75) is 50.7 Å². The van der Waals surface area contributed by atoms with Crippen molar-refractivity contribution in [3.05, 3.63) is 65.0 Å². The van der Waals surface area contributed by atoms with E-state index < -0.39 is 10.0 Å². The van der Waals surface area contributed by atoms with Gasteiger partial charge in [0.25, 0.3) is 0 Å². The maximum Gasteiger partial charge on any atom is 0.209 e. The van der Waals surface area contributed by atoms with Crippen LogP contribution in [0.1, 0.15) is 54.8 Å². The minimum Gasteiger partial charge on any atom is -0.494 e. The minimum absolute atomic E-state index is 0.109. The molecule has 0 spiro atoms. The fourth-order valence-corrected chi connectivity index (χ4v) is 4.38. The van der Waals surface area contributed by atoms with E-state index in [1.165, 1.54) is 18.7 Å². The third kappa shape index (κ3) is 6.01. The fraction of sp³-hybridized carbons (Fsp3) is 0.455. The number of benzene rings is 2. The molecule has 1 aliphatic rings. The number of rotatable bonds is 8. The normalized spacial score (nSPS) is 20.6. The van der Waals surface area contributed by atoms with Crippen molar-refractivity contribution in [2.75, 3.05) is 13.4 Å². The molecular formula is C22H29FN2O3S. The molecule has 0 amide bonds. The highest BCUT2D eigenvalue weighted by Crippen LogP contribution is 2.35. The summed E-state index contributed by atoms with van der Waals surface area (Å²) in [6, 6.07) is 13.7. The van der Waals surface area contributed by atoms with Gasteiger partial charge >= 0.3 is 0 Å². The number of ether oxygens (including phenoxy) is 1. The van der Waals surface area contributed by atoms with E-state index in [1.54, 1.807) is 12.1 Å². The van der Waals surface area contributed by atoms with Crippen molar-refractivity contribution in [3.63, 3.8) is 0 Å². The van der Waals surface area contributed by atoms with Crippen molar-refractivity contribution in [1.82, 2.24) is 10.0 Å². The molecule has 0 radical (unpaired) electrons. The van der Waals surface area contributed by atoms with E-state index in [1.807, 2.05) is 12.1 Å². The molecule has 158 valence electrons. The van der Waals surface area contributed by atoms with Crippen LogP contribution in [0.25, 0.3) is 0 Å². The first kappa shape index (κ1) is 21.7. The molecule has 3 atom stereocenters. The van der Waals surface area contributed by atoms with Gasteiger partial charge in [-0.05, 0) is 60.9 Å². The minimum atomic E-state index is -3.18. The summed E-state index contributed by atoms with van der Waals surface area (Å²) in [6.07, 6.45) is 4.41. The van der Waals surface area contributed by atoms with E-state index in [2.05, 4.69) is 29.1 Å². The molecule has 3 rings (SSSR count). The van der Waals surface area contributed by atoms with Gasteiger partial charge in [-0.15, -0.1) is 0 Å². The highest BCUT2D eigenvalue weighted by molar-refractivity contribution is 7.88. The third-order valence-corrected chi connectivity index (χ3v) is 6.25. The summed E-state index contributed by atoms with van der Waals surface area (Å²) >= 11 is 0. The number of halogens is 1. The molecule has 0 heterocycles. The van der Waals surface area contributed by atoms with Crippen molar-refractivity contribution in [3.8, 4) is 5.75 Å². The van der Waals surface area contributed by atoms with Gasteiger partial charge in [0, 0.05) is 18.6 Å². The molecule has 1 fully saturated rings. The Labute approximate surface area is 172 Å². The molecule has 0 saturated heterocycles. The molecule has 2 N–H and O–H groups in total. The van der Waals surface area contributed by atoms with Gasteiger partial charge in [0.05, 0.1) is 13.4 Å². The molecule has 2 aromatic rings. The smallest absolute Gasteiger partial charge is 0.209 e. The van der Waals surface area contributed by atoms with Crippen LogP contribution in [0.5, 0.6) is 5.75 Å². The van der Waals surface area contributed by atoms with E-state index in [-0.39, 0.29) is 17.6 Å². The maximum absolute atomic E-state index is 13.6. The predicted octanol–water partition coefficient (Wildman–Crippen LogP) is 3.87. The van der Waals surface area contributed by atoms with Gasteiger partial charge in [-0.25, -0.2) is 17.5 Å².